The maximum absolute atomic E-state index is 12.4. The van der Waals surface area contributed by atoms with Gasteiger partial charge in [0.1, 0.15) is 11.3 Å². The zero-order valence-electron chi connectivity index (χ0n) is 11.1. The minimum absolute atomic E-state index is 0.0478. The maximum atomic E-state index is 12.4. The molecular formula is C14H20N2O3. The highest BCUT2D eigenvalue weighted by Gasteiger charge is 2.35. The maximum Gasteiger partial charge on any atom is 0.257 e. The van der Waals surface area contributed by atoms with Crippen LogP contribution < -0.4 is 15.8 Å². The summed E-state index contributed by atoms with van der Waals surface area (Å²) in [6, 6.07) is 5.10. The Morgan fingerprint density at radius 2 is 2.16 bits per heavy atom. The molecule has 0 spiro atoms. The minimum atomic E-state index is -0.510. The Bertz CT molecular complexity index is 468. The number of aliphatic hydroxyl groups is 1. The van der Waals surface area contributed by atoms with Crippen LogP contribution in [0.1, 0.15) is 36.0 Å². The molecular weight excluding hydrogens is 244 g/mol. The normalized spacial score (nSPS) is 17.2. The molecule has 19 heavy (non-hydrogen) atoms. The molecule has 4 N–H and O–H groups in total. The number of anilines is 1. The standard InChI is InChI=1S/C14H20N2O3/c1-19-11-6-4-5-10(15)12(11)13(18)16-14(9-17)7-2-3-8-14/h4-6,17H,2-3,7-9,15H2,1H3,(H,16,18). The molecule has 0 aliphatic heterocycles. The van der Waals surface area contributed by atoms with E-state index in [0.29, 0.717) is 17.0 Å². The average molecular weight is 264 g/mol. The first-order valence-corrected chi connectivity index (χ1v) is 6.48. The number of amides is 1. The molecule has 0 unspecified atom stereocenters. The Morgan fingerprint density at radius 3 is 2.74 bits per heavy atom. The van der Waals surface area contributed by atoms with Crippen molar-refractivity contribution in [1.29, 1.82) is 0 Å². The van der Waals surface area contributed by atoms with Gasteiger partial charge in [-0.1, -0.05) is 18.9 Å². The Hall–Kier alpha value is -1.75. The van der Waals surface area contributed by atoms with Gasteiger partial charge in [0.05, 0.1) is 19.3 Å². The van der Waals surface area contributed by atoms with Gasteiger partial charge in [-0.2, -0.15) is 0 Å². The molecule has 1 aromatic rings. The highest BCUT2D eigenvalue weighted by molar-refractivity contribution is 6.02. The van der Waals surface area contributed by atoms with Gasteiger partial charge in [0.2, 0.25) is 0 Å². The summed E-state index contributed by atoms with van der Waals surface area (Å²) in [5.74, 6) is 0.162. The molecule has 1 saturated carbocycles. The van der Waals surface area contributed by atoms with Crippen LogP contribution in [0, 0.1) is 0 Å². The van der Waals surface area contributed by atoms with Crippen molar-refractivity contribution < 1.29 is 14.6 Å². The van der Waals surface area contributed by atoms with Crippen molar-refractivity contribution in [3.63, 3.8) is 0 Å². The molecule has 2 rings (SSSR count). The van der Waals surface area contributed by atoms with E-state index in [-0.39, 0.29) is 12.5 Å². The zero-order chi connectivity index (χ0) is 13.9. The van der Waals surface area contributed by atoms with Gasteiger partial charge in [0.25, 0.3) is 5.91 Å². The van der Waals surface area contributed by atoms with Gasteiger partial charge in [-0.15, -0.1) is 0 Å². The zero-order valence-corrected chi connectivity index (χ0v) is 11.1. The lowest BCUT2D eigenvalue weighted by molar-refractivity contribution is 0.0836. The predicted molar refractivity (Wildman–Crippen MR) is 73.2 cm³/mol. The lowest BCUT2D eigenvalue weighted by atomic mass is 9.98. The van der Waals surface area contributed by atoms with Crippen molar-refractivity contribution in [3.05, 3.63) is 23.8 Å². The average Bonchev–Trinajstić information content (AvgIpc) is 2.87. The van der Waals surface area contributed by atoms with Crippen LogP contribution in [0.2, 0.25) is 0 Å². The first-order valence-electron chi connectivity index (χ1n) is 6.48. The van der Waals surface area contributed by atoms with Gasteiger partial charge < -0.3 is 20.9 Å². The Morgan fingerprint density at radius 1 is 1.47 bits per heavy atom. The second kappa shape index (κ2) is 5.48. The molecule has 0 aromatic heterocycles. The van der Waals surface area contributed by atoms with E-state index in [1.807, 2.05) is 0 Å². The SMILES string of the molecule is COc1cccc(N)c1C(=O)NC1(CO)CCCC1. The monoisotopic (exact) mass is 264 g/mol. The molecule has 1 aliphatic rings. The van der Waals surface area contributed by atoms with E-state index in [9.17, 15) is 9.90 Å². The third kappa shape index (κ3) is 2.66. The van der Waals surface area contributed by atoms with Crippen LogP contribution in [-0.2, 0) is 0 Å². The summed E-state index contributed by atoms with van der Waals surface area (Å²) >= 11 is 0. The number of carbonyl (C=O) groups is 1. The summed E-state index contributed by atoms with van der Waals surface area (Å²) < 4.78 is 5.18. The van der Waals surface area contributed by atoms with E-state index in [2.05, 4.69) is 5.32 Å². The number of benzene rings is 1. The predicted octanol–water partition coefficient (Wildman–Crippen LogP) is 1.31. The van der Waals surface area contributed by atoms with E-state index >= 15 is 0 Å². The molecule has 1 amide bonds. The summed E-state index contributed by atoms with van der Waals surface area (Å²) in [6.45, 7) is -0.0478. The third-order valence-electron chi connectivity index (χ3n) is 3.75. The first-order chi connectivity index (χ1) is 9.12. The molecule has 0 atom stereocenters. The van der Waals surface area contributed by atoms with Crippen molar-refractivity contribution in [2.45, 2.75) is 31.2 Å². The molecule has 104 valence electrons. The van der Waals surface area contributed by atoms with Gasteiger partial charge in [-0.25, -0.2) is 0 Å². The Balaban J connectivity index is 2.25. The van der Waals surface area contributed by atoms with Gasteiger partial charge in [0, 0.05) is 5.69 Å². The number of nitrogens with two attached hydrogens (primary N) is 1. The van der Waals surface area contributed by atoms with Gasteiger partial charge in [-0.05, 0) is 25.0 Å². The fraction of sp³-hybridized carbons (Fsp3) is 0.500. The third-order valence-corrected chi connectivity index (χ3v) is 3.75. The molecule has 5 nitrogen and oxygen atoms in total. The van der Waals surface area contributed by atoms with Crippen LogP contribution in [0.3, 0.4) is 0 Å². The smallest absolute Gasteiger partial charge is 0.257 e. The van der Waals surface area contributed by atoms with Crippen LogP contribution in [0.25, 0.3) is 0 Å². The highest BCUT2D eigenvalue weighted by atomic mass is 16.5. The van der Waals surface area contributed by atoms with Gasteiger partial charge in [0.15, 0.2) is 0 Å². The molecule has 1 aliphatic carbocycles. The molecule has 0 saturated heterocycles. The van der Waals surface area contributed by atoms with E-state index in [0.717, 1.165) is 25.7 Å². The molecule has 1 aromatic carbocycles. The van der Waals surface area contributed by atoms with E-state index in [4.69, 9.17) is 10.5 Å². The molecule has 0 radical (unpaired) electrons. The number of nitrogens with one attached hydrogen (secondary N) is 1. The molecule has 1 fully saturated rings. The summed E-state index contributed by atoms with van der Waals surface area (Å²) in [5, 5.41) is 12.5. The summed E-state index contributed by atoms with van der Waals surface area (Å²) in [6.07, 6.45) is 3.62. The van der Waals surface area contributed by atoms with Crippen LogP contribution >= 0.6 is 0 Å². The van der Waals surface area contributed by atoms with Crippen LogP contribution in [-0.4, -0.2) is 30.3 Å². The number of carbonyl (C=O) groups excluding carboxylic acids is 1. The summed E-state index contributed by atoms with van der Waals surface area (Å²) in [5.41, 5.74) is 6.06. The van der Waals surface area contributed by atoms with Crippen molar-refractivity contribution in [1.82, 2.24) is 5.32 Å². The van der Waals surface area contributed by atoms with Crippen molar-refractivity contribution in [2.24, 2.45) is 0 Å². The molecule has 0 bridgehead atoms. The van der Waals surface area contributed by atoms with E-state index in [1.54, 1.807) is 18.2 Å². The molecule has 5 heteroatoms. The lowest BCUT2D eigenvalue weighted by Crippen LogP contribution is -2.49. The topological polar surface area (TPSA) is 84.6 Å². The fourth-order valence-corrected chi connectivity index (χ4v) is 2.64. The lowest BCUT2D eigenvalue weighted by Gasteiger charge is -2.28. The minimum Gasteiger partial charge on any atom is -0.496 e. The second-order valence-electron chi connectivity index (χ2n) is 5.02. The van der Waals surface area contributed by atoms with Crippen molar-refractivity contribution >= 4 is 11.6 Å². The van der Waals surface area contributed by atoms with Crippen LogP contribution in [0.15, 0.2) is 18.2 Å². The number of ether oxygens (including phenoxy) is 1. The number of hydrogen-bond acceptors (Lipinski definition) is 4. The van der Waals surface area contributed by atoms with Crippen molar-refractivity contribution in [2.75, 3.05) is 19.5 Å². The number of rotatable bonds is 4. The number of nitrogen functional groups attached to an aromatic ring is 1. The number of hydrogen-bond donors (Lipinski definition) is 3. The van der Waals surface area contributed by atoms with E-state index in [1.165, 1.54) is 7.11 Å². The van der Waals surface area contributed by atoms with E-state index < -0.39 is 5.54 Å². The van der Waals surface area contributed by atoms with Crippen LogP contribution in [0.4, 0.5) is 5.69 Å². The number of methoxy groups -OCH3 is 1. The van der Waals surface area contributed by atoms with Crippen LogP contribution in [0.5, 0.6) is 5.75 Å². The first kappa shape index (κ1) is 13.7. The van der Waals surface area contributed by atoms with Crippen molar-refractivity contribution in [3.8, 4) is 5.75 Å². The highest BCUT2D eigenvalue weighted by Crippen LogP contribution is 2.31. The molecule has 0 heterocycles. The fourth-order valence-electron chi connectivity index (χ4n) is 2.64. The number of aliphatic hydroxyl groups excluding tert-OH is 1. The summed E-state index contributed by atoms with van der Waals surface area (Å²) in [7, 11) is 1.50. The Kier molecular flexibility index (Phi) is 3.95. The Labute approximate surface area is 112 Å². The van der Waals surface area contributed by atoms with Gasteiger partial charge >= 0.3 is 0 Å². The largest absolute Gasteiger partial charge is 0.496 e. The quantitative estimate of drug-likeness (QED) is 0.716. The summed E-state index contributed by atoms with van der Waals surface area (Å²) in [4.78, 5) is 12.4. The van der Waals surface area contributed by atoms with Gasteiger partial charge in [-0.3, -0.25) is 4.79 Å². The second-order valence-corrected chi connectivity index (χ2v) is 5.02.